The molecule has 0 bridgehead atoms. The largest absolute Gasteiger partial charge is 0.497 e. The molecule has 0 spiro atoms. The minimum Gasteiger partial charge on any atom is -0.497 e. The molecule has 1 aliphatic carbocycles. The van der Waals surface area contributed by atoms with Crippen LogP contribution in [0.5, 0.6) is 5.75 Å². The highest BCUT2D eigenvalue weighted by atomic mass is 19.1. The number of ether oxygens (including phenoxy) is 1. The summed E-state index contributed by atoms with van der Waals surface area (Å²) in [6, 6.07) is 8.51. The van der Waals surface area contributed by atoms with Gasteiger partial charge in [-0.05, 0) is 68.5 Å². The summed E-state index contributed by atoms with van der Waals surface area (Å²) in [5.41, 5.74) is 6.21. The number of methoxy groups -OCH3 is 1. The lowest BCUT2D eigenvalue weighted by atomic mass is 9.91. The molecule has 1 heterocycles. The molecule has 2 aliphatic rings. The first-order chi connectivity index (χ1) is 17.7. The summed E-state index contributed by atoms with van der Waals surface area (Å²) >= 11 is 0. The second-order valence-corrected chi connectivity index (χ2v) is 9.36. The van der Waals surface area contributed by atoms with Crippen molar-refractivity contribution in [1.82, 2.24) is 15.1 Å². The van der Waals surface area contributed by atoms with Crippen molar-refractivity contribution in [2.45, 2.75) is 50.4 Å². The van der Waals surface area contributed by atoms with Crippen molar-refractivity contribution in [3.63, 3.8) is 0 Å². The maximum absolute atomic E-state index is 13.9. The number of nitrogens with two attached hydrogens (primary N) is 1. The number of nitrogens with zero attached hydrogens (tertiary/aromatic N) is 2. The van der Waals surface area contributed by atoms with Crippen LogP contribution in [-0.2, 0) is 4.79 Å². The molecule has 1 saturated carbocycles. The number of halogens is 2. The van der Waals surface area contributed by atoms with E-state index in [2.05, 4.69) is 10.6 Å². The number of benzene rings is 2. The van der Waals surface area contributed by atoms with E-state index in [9.17, 15) is 23.2 Å². The van der Waals surface area contributed by atoms with Gasteiger partial charge in [0.05, 0.1) is 7.11 Å². The Morgan fingerprint density at radius 3 is 2.19 bits per heavy atom. The zero-order valence-corrected chi connectivity index (χ0v) is 20.6. The molecule has 11 heteroatoms. The average molecular weight is 516 g/mol. The summed E-state index contributed by atoms with van der Waals surface area (Å²) in [7, 11) is 1.53. The first-order valence-electron chi connectivity index (χ1n) is 12.3. The van der Waals surface area contributed by atoms with Crippen LogP contribution in [-0.4, -0.2) is 66.1 Å². The number of amides is 4. The highest BCUT2D eigenvalue weighted by molar-refractivity contribution is 6.00. The van der Waals surface area contributed by atoms with E-state index in [0.29, 0.717) is 36.8 Å². The van der Waals surface area contributed by atoms with Crippen LogP contribution in [0.3, 0.4) is 0 Å². The Balaban J connectivity index is 1.60. The highest BCUT2D eigenvalue weighted by Gasteiger charge is 2.41. The molecule has 2 aromatic carbocycles. The zero-order valence-electron chi connectivity index (χ0n) is 20.6. The van der Waals surface area contributed by atoms with Gasteiger partial charge in [-0.2, -0.15) is 0 Å². The van der Waals surface area contributed by atoms with Gasteiger partial charge in [-0.3, -0.25) is 14.5 Å². The molecular formula is C26H31F2N5O4. The Morgan fingerprint density at radius 1 is 0.946 bits per heavy atom. The lowest BCUT2D eigenvalue weighted by Crippen LogP contribution is -2.65. The second kappa shape index (κ2) is 11.5. The lowest BCUT2D eigenvalue weighted by Gasteiger charge is -2.43. The first-order valence-corrected chi connectivity index (χ1v) is 12.3. The first kappa shape index (κ1) is 26.3. The predicted molar refractivity (Wildman–Crippen MR) is 133 cm³/mol. The summed E-state index contributed by atoms with van der Waals surface area (Å²) in [5, 5.41) is 5.71. The molecule has 1 saturated heterocycles. The number of nitrogens with one attached hydrogen (secondary N) is 2. The third-order valence-corrected chi connectivity index (χ3v) is 6.71. The Labute approximate surface area is 213 Å². The number of rotatable bonds is 5. The van der Waals surface area contributed by atoms with Gasteiger partial charge >= 0.3 is 6.03 Å². The van der Waals surface area contributed by atoms with Crippen LogP contribution >= 0.6 is 0 Å². The van der Waals surface area contributed by atoms with Crippen molar-refractivity contribution in [2.75, 3.05) is 25.5 Å². The van der Waals surface area contributed by atoms with E-state index in [0.717, 1.165) is 25.0 Å². The number of urea groups is 1. The third kappa shape index (κ3) is 6.34. The quantitative estimate of drug-likeness (QED) is 0.566. The summed E-state index contributed by atoms with van der Waals surface area (Å²) in [6.45, 7) is 0.341. The van der Waals surface area contributed by atoms with Crippen LogP contribution in [0.15, 0.2) is 42.5 Å². The predicted octanol–water partition coefficient (Wildman–Crippen LogP) is 3.07. The van der Waals surface area contributed by atoms with Crippen molar-refractivity contribution in [3.05, 3.63) is 59.7 Å². The Hall–Kier alpha value is -3.73. The third-order valence-electron chi connectivity index (χ3n) is 6.71. The monoisotopic (exact) mass is 515 g/mol. The number of carbonyl (C=O) groups excluding carboxylic acids is 3. The number of hydrogen-bond acceptors (Lipinski definition) is 5. The van der Waals surface area contributed by atoms with Crippen LogP contribution in [0, 0.1) is 11.6 Å². The summed E-state index contributed by atoms with van der Waals surface area (Å²) < 4.78 is 32.9. The Morgan fingerprint density at radius 2 is 1.57 bits per heavy atom. The van der Waals surface area contributed by atoms with Crippen molar-refractivity contribution in [1.29, 1.82) is 0 Å². The van der Waals surface area contributed by atoms with Gasteiger partial charge in [-0.15, -0.1) is 0 Å². The highest BCUT2D eigenvalue weighted by Crippen LogP contribution is 2.23. The van der Waals surface area contributed by atoms with Gasteiger partial charge in [0.25, 0.3) is 11.8 Å². The van der Waals surface area contributed by atoms with E-state index in [4.69, 9.17) is 10.5 Å². The molecule has 1 aliphatic heterocycles. The van der Waals surface area contributed by atoms with Gasteiger partial charge in [0.15, 0.2) is 6.17 Å². The molecule has 4 amide bonds. The van der Waals surface area contributed by atoms with E-state index in [-0.39, 0.29) is 30.7 Å². The lowest BCUT2D eigenvalue weighted by molar-refractivity contribution is -0.133. The molecule has 1 atom stereocenters. The van der Waals surface area contributed by atoms with E-state index < -0.39 is 35.6 Å². The molecule has 198 valence electrons. The van der Waals surface area contributed by atoms with Crippen LogP contribution in [0.1, 0.15) is 42.5 Å². The fourth-order valence-electron chi connectivity index (χ4n) is 4.78. The molecule has 2 aromatic rings. The second-order valence-electron chi connectivity index (χ2n) is 9.36. The number of hydrogen-bond donors (Lipinski definition) is 3. The van der Waals surface area contributed by atoms with Crippen LogP contribution < -0.4 is 21.1 Å². The summed E-state index contributed by atoms with van der Waals surface area (Å²) in [4.78, 5) is 42.7. The molecule has 4 N–H and O–H groups in total. The van der Waals surface area contributed by atoms with Crippen molar-refractivity contribution in [3.8, 4) is 5.75 Å². The topological polar surface area (TPSA) is 117 Å². The smallest absolute Gasteiger partial charge is 0.323 e. The van der Waals surface area contributed by atoms with Gasteiger partial charge < -0.3 is 26.0 Å². The minimum absolute atomic E-state index is 0.0792. The SMILES string of the molecule is COc1ccc(NC(=O)N2CCCN(C(=O)c3cc(F)cc(F)c3)C2C(=O)NC2CCC(N)CC2)cc1. The Bertz CT molecular complexity index is 1120. The van der Waals surface area contributed by atoms with Gasteiger partial charge in [0.2, 0.25) is 0 Å². The Kier molecular flexibility index (Phi) is 8.22. The molecular weight excluding hydrogens is 484 g/mol. The fourth-order valence-corrected chi connectivity index (χ4v) is 4.78. The van der Waals surface area contributed by atoms with Crippen molar-refractivity contribution >= 4 is 23.5 Å². The molecule has 0 aromatic heterocycles. The number of anilines is 1. The maximum Gasteiger partial charge on any atom is 0.323 e. The molecule has 37 heavy (non-hydrogen) atoms. The summed E-state index contributed by atoms with van der Waals surface area (Å²) in [5.74, 6) is -2.48. The molecule has 4 rings (SSSR count). The van der Waals surface area contributed by atoms with Crippen LogP contribution in [0.25, 0.3) is 0 Å². The zero-order chi connectivity index (χ0) is 26.5. The minimum atomic E-state index is -1.30. The molecule has 0 radical (unpaired) electrons. The van der Waals surface area contributed by atoms with Gasteiger partial charge in [-0.1, -0.05) is 0 Å². The molecule has 9 nitrogen and oxygen atoms in total. The average Bonchev–Trinajstić information content (AvgIpc) is 2.89. The van der Waals surface area contributed by atoms with E-state index in [1.807, 2.05) is 0 Å². The fraction of sp³-hybridized carbons (Fsp3) is 0.423. The molecule has 1 unspecified atom stereocenters. The van der Waals surface area contributed by atoms with Gasteiger partial charge in [0, 0.05) is 42.5 Å². The van der Waals surface area contributed by atoms with E-state index >= 15 is 0 Å². The standard InChI is InChI=1S/C26H31F2N5O4/c1-37-22-9-7-21(8-10-22)31-26(36)33-12-2-11-32(25(35)16-13-17(27)15-18(28)14-16)24(33)23(34)30-20-5-3-19(29)4-6-20/h7-10,13-15,19-20,24H,2-6,11-12,29H2,1H3,(H,30,34)(H,31,36). The normalized spacial score (nSPS) is 21.8. The van der Waals surface area contributed by atoms with Crippen LogP contribution in [0.4, 0.5) is 19.3 Å². The van der Waals surface area contributed by atoms with Gasteiger partial charge in [0.1, 0.15) is 17.4 Å². The summed E-state index contributed by atoms with van der Waals surface area (Å²) in [6.07, 6.45) is 1.94. The van der Waals surface area contributed by atoms with Crippen molar-refractivity contribution in [2.24, 2.45) is 5.73 Å². The molecule has 2 fully saturated rings. The van der Waals surface area contributed by atoms with E-state index in [1.54, 1.807) is 24.3 Å². The number of carbonyl (C=O) groups is 3. The van der Waals surface area contributed by atoms with Gasteiger partial charge in [-0.25, -0.2) is 13.6 Å². The maximum atomic E-state index is 13.9. The van der Waals surface area contributed by atoms with Crippen LogP contribution in [0.2, 0.25) is 0 Å². The van der Waals surface area contributed by atoms with Crippen molar-refractivity contribution < 1.29 is 27.9 Å². The van der Waals surface area contributed by atoms with E-state index in [1.165, 1.54) is 16.9 Å².